The maximum atomic E-state index is 10.8. The van der Waals surface area contributed by atoms with Gasteiger partial charge in [-0.1, -0.05) is 6.42 Å². The fourth-order valence-electron chi connectivity index (χ4n) is 2.17. The number of hydrogen-bond acceptors (Lipinski definition) is 6. The van der Waals surface area contributed by atoms with Crippen LogP contribution in [0.15, 0.2) is 0 Å². The van der Waals surface area contributed by atoms with Gasteiger partial charge in [-0.2, -0.15) is 0 Å². The van der Waals surface area contributed by atoms with Gasteiger partial charge in [0.15, 0.2) is 0 Å². The number of hydrogen-bond donors (Lipinski definition) is 3. The molecule has 144 valence electrons. The smallest absolute Gasteiger partial charge is 0.211 e. The summed E-state index contributed by atoms with van der Waals surface area (Å²) in [6, 6.07) is 0. The molecule has 0 bridgehead atoms. The largest absolute Gasteiger partial charge is 0.215 e. The van der Waals surface area contributed by atoms with E-state index in [1.807, 2.05) is 0 Å². The first-order valence-electron chi connectivity index (χ1n) is 8.04. The van der Waals surface area contributed by atoms with Crippen molar-refractivity contribution >= 4 is 30.1 Å². The third-order valence-corrected chi connectivity index (χ3v) is 7.90. The fraction of sp³-hybridized carbons (Fsp3) is 1.00. The lowest BCUT2D eigenvalue weighted by atomic mass is 10.3. The predicted octanol–water partition coefficient (Wildman–Crippen LogP) is -0.901. The molecule has 0 atom stereocenters. The van der Waals surface area contributed by atoms with Crippen LogP contribution in [0.4, 0.5) is 0 Å². The monoisotopic (exact) mass is 405 g/mol. The first kappa shape index (κ1) is 21.8. The average Bonchev–Trinajstić information content (AvgIpc) is 2.76. The number of sulfonamides is 3. The number of nitrogens with one attached hydrogen (secondary N) is 3. The zero-order valence-corrected chi connectivity index (χ0v) is 16.1. The van der Waals surface area contributed by atoms with Gasteiger partial charge in [0.1, 0.15) is 0 Å². The fourth-order valence-corrected chi connectivity index (χ4v) is 5.66. The van der Waals surface area contributed by atoms with Crippen molar-refractivity contribution in [3.63, 3.8) is 0 Å². The van der Waals surface area contributed by atoms with Gasteiger partial charge in [0.05, 0.1) is 17.3 Å². The van der Waals surface area contributed by atoms with Crippen LogP contribution < -0.4 is 14.2 Å². The van der Waals surface area contributed by atoms with Crippen molar-refractivity contribution in [2.24, 2.45) is 0 Å². The van der Waals surface area contributed by atoms with Crippen LogP contribution >= 0.6 is 0 Å². The third-order valence-electron chi connectivity index (χ3n) is 3.49. The van der Waals surface area contributed by atoms with Crippen molar-refractivity contribution in [2.75, 3.05) is 36.9 Å². The molecule has 3 heterocycles. The zero-order valence-electron chi connectivity index (χ0n) is 13.7. The Morgan fingerprint density at radius 3 is 1.12 bits per heavy atom. The van der Waals surface area contributed by atoms with E-state index in [1.165, 1.54) is 0 Å². The van der Waals surface area contributed by atoms with Gasteiger partial charge in [-0.05, 0) is 32.1 Å². The maximum absolute atomic E-state index is 10.8. The Kier molecular flexibility index (Phi) is 9.09. The van der Waals surface area contributed by atoms with E-state index >= 15 is 0 Å². The van der Waals surface area contributed by atoms with Crippen LogP contribution in [-0.4, -0.2) is 62.1 Å². The molecule has 0 saturated carbocycles. The van der Waals surface area contributed by atoms with Crippen molar-refractivity contribution in [3.8, 4) is 0 Å². The first-order chi connectivity index (χ1) is 11.1. The summed E-state index contributed by atoms with van der Waals surface area (Å²) in [5.74, 6) is 0.938. The SMILES string of the molecule is O=S1(=O)CCCCCN1.O=S1(=O)CCCCN1.O=S1(=O)CCCN1. The topological polar surface area (TPSA) is 139 Å². The molecular weight excluding hydrogens is 378 g/mol. The molecule has 3 N–H and O–H groups in total. The summed E-state index contributed by atoms with van der Waals surface area (Å²) in [5.41, 5.74) is 0. The summed E-state index contributed by atoms with van der Waals surface area (Å²) in [5, 5.41) is 0. The molecule has 0 aromatic carbocycles. The summed E-state index contributed by atoms with van der Waals surface area (Å²) in [6.45, 7) is 1.88. The Balaban J connectivity index is 0.000000181. The summed E-state index contributed by atoms with van der Waals surface area (Å²) in [4.78, 5) is 0. The van der Waals surface area contributed by atoms with Gasteiger partial charge in [0.2, 0.25) is 30.1 Å². The molecule has 0 amide bonds. The second-order valence-corrected chi connectivity index (χ2v) is 11.5. The molecule has 12 heteroatoms. The van der Waals surface area contributed by atoms with E-state index < -0.39 is 30.1 Å². The summed E-state index contributed by atoms with van der Waals surface area (Å²) < 4.78 is 70.5. The van der Waals surface area contributed by atoms with E-state index in [4.69, 9.17) is 0 Å². The summed E-state index contributed by atoms with van der Waals surface area (Å²) in [7, 11) is -8.50. The van der Waals surface area contributed by atoms with Crippen LogP contribution in [0.25, 0.3) is 0 Å². The van der Waals surface area contributed by atoms with Gasteiger partial charge in [-0.25, -0.2) is 39.4 Å². The van der Waals surface area contributed by atoms with Crippen LogP contribution in [0, 0.1) is 0 Å². The van der Waals surface area contributed by atoms with Crippen LogP contribution in [0.3, 0.4) is 0 Å². The van der Waals surface area contributed by atoms with Crippen LogP contribution in [0.2, 0.25) is 0 Å². The summed E-state index contributed by atoms with van der Waals surface area (Å²) in [6.07, 6.45) is 5.40. The standard InChI is InChI=1S/C5H11NO2S.C4H9NO2S.C3H7NO2S/c7-9(8)5-3-1-2-4-6-9;6-8(7)4-2-1-3-5-8;5-7(6)3-1-2-4-7/h6H,1-5H2;5H,1-4H2;4H,1-3H2. The second kappa shape index (κ2) is 10.0. The molecule has 9 nitrogen and oxygen atoms in total. The van der Waals surface area contributed by atoms with E-state index in [2.05, 4.69) is 14.2 Å². The lowest BCUT2D eigenvalue weighted by Gasteiger charge is -2.10. The molecule has 0 spiro atoms. The molecule has 3 rings (SSSR count). The quantitative estimate of drug-likeness (QED) is 0.477. The third kappa shape index (κ3) is 10.6. The highest BCUT2D eigenvalue weighted by molar-refractivity contribution is 7.90. The van der Waals surface area contributed by atoms with Gasteiger partial charge >= 0.3 is 0 Å². The molecule has 3 aliphatic rings. The molecule has 3 aliphatic heterocycles. The molecule has 3 saturated heterocycles. The van der Waals surface area contributed by atoms with Crippen molar-refractivity contribution in [1.29, 1.82) is 0 Å². The zero-order chi connectivity index (χ0) is 18.1. The van der Waals surface area contributed by atoms with Gasteiger partial charge in [-0.3, -0.25) is 0 Å². The van der Waals surface area contributed by atoms with Crippen molar-refractivity contribution in [2.45, 2.75) is 38.5 Å². The molecule has 24 heavy (non-hydrogen) atoms. The van der Waals surface area contributed by atoms with Gasteiger partial charge in [0.25, 0.3) is 0 Å². The highest BCUT2D eigenvalue weighted by Crippen LogP contribution is 2.02. The van der Waals surface area contributed by atoms with Gasteiger partial charge < -0.3 is 0 Å². The van der Waals surface area contributed by atoms with E-state index in [1.54, 1.807) is 0 Å². The van der Waals surface area contributed by atoms with Crippen molar-refractivity contribution in [3.05, 3.63) is 0 Å². The minimum atomic E-state index is -2.87. The second-order valence-electron chi connectivity index (χ2n) is 5.76. The molecule has 0 aromatic rings. The maximum Gasteiger partial charge on any atom is 0.211 e. The molecule has 0 unspecified atom stereocenters. The highest BCUT2D eigenvalue weighted by atomic mass is 32.2. The minimum absolute atomic E-state index is 0.312. The lowest BCUT2D eigenvalue weighted by molar-refractivity contribution is 0.560. The van der Waals surface area contributed by atoms with E-state index in [9.17, 15) is 25.3 Å². The Labute approximate surface area is 145 Å². The minimum Gasteiger partial charge on any atom is -0.215 e. The van der Waals surface area contributed by atoms with Gasteiger partial charge in [0, 0.05) is 19.6 Å². The lowest BCUT2D eigenvalue weighted by Crippen LogP contribution is -2.31. The van der Waals surface area contributed by atoms with Crippen molar-refractivity contribution in [1.82, 2.24) is 14.2 Å². The predicted molar refractivity (Wildman–Crippen MR) is 93.1 cm³/mol. The van der Waals surface area contributed by atoms with Crippen LogP contribution in [0.1, 0.15) is 38.5 Å². The van der Waals surface area contributed by atoms with E-state index in [-0.39, 0.29) is 0 Å². The van der Waals surface area contributed by atoms with E-state index in [0.717, 1.165) is 38.5 Å². The molecule has 0 radical (unpaired) electrons. The normalized spacial score (nSPS) is 27.5. The van der Waals surface area contributed by atoms with Crippen LogP contribution in [0.5, 0.6) is 0 Å². The highest BCUT2D eigenvalue weighted by Gasteiger charge is 2.15. The molecular formula is C12H27N3O6S3. The van der Waals surface area contributed by atoms with E-state index in [0.29, 0.717) is 36.9 Å². The Hall–Kier alpha value is -0.270. The average molecular weight is 406 g/mol. The summed E-state index contributed by atoms with van der Waals surface area (Å²) >= 11 is 0. The Morgan fingerprint density at radius 1 is 0.417 bits per heavy atom. The number of rotatable bonds is 0. The Bertz CT molecular complexity index is 635. The Morgan fingerprint density at radius 2 is 0.750 bits per heavy atom. The first-order valence-corrected chi connectivity index (χ1v) is 13.0. The van der Waals surface area contributed by atoms with Gasteiger partial charge in [-0.15, -0.1) is 0 Å². The van der Waals surface area contributed by atoms with Crippen LogP contribution in [-0.2, 0) is 30.1 Å². The molecule has 3 fully saturated rings. The van der Waals surface area contributed by atoms with Crippen molar-refractivity contribution < 1.29 is 25.3 Å². The molecule has 0 aromatic heterocycles. The molecule has 0 aliphatic carbocycles.